The standard InChI is InChI=1S/C18H11NO2/c20-17-11-15(12-6-2-1-3-7-12)18(21)19(17)16-10-13-8-4-5-9-14(13)16/h1-11H. The molecule has 2 aromatic rings. The number of fused-ring (bicyclic) bond motifs is 1. The number of amides is 2. The predicted molar refractivity (Wildman–Crippen MR) is 80.6 cm³/mol. The highest BCUT2D eigenvalue weighted by atomic mass is 16.2. The van der Waals surface area contributed by atoms with Gasteiger partial charge in [-0.15, -0.1) is 0 Å². The lowest BCUT2D eigenvalue weighted by molar-refractivity contribution is -0.132. The van der Waals surface area contributed by atoms with E-state index in [4.69, 9.17) is 0 Å². The molecule has 0 saturated heterocycles. The summed E-state index contributed by atoms with van der Waals surface area (Å²) in [6.07, 6.45) is 3.28. The van der Waals surface area contributed by atoms with Gasteiger partial charge < -0.3 is 0 Å². The van der Waals surface area contributed by atoms with Crippen LogP contribution < -0.4 is 0 Å². The fraction of sp³-hybridized carbons (Fsp3) is 0. The van der Waals surface area contributed by atoms with Crippen LogP contribution in [0.5, 0.6) is 0 Å². The van der Waals surface area contributed by atoms with E-state index in [1.807, 2.05) is 60.7 Å². The van der Waals surface area contributed by atoms with E-state index in [2.05, 4.69) is 0 Å². The molecule has 3 nitrogen and oxygen atoms in total. The van der Waals surface area contributed by atoms with Crippen molar-refractivity contribution in [3.05, 3.63) is 77.4 Å². The Labute approximate surface area is 121 Å². The lowest BCUT2D eigenvalue weighted by atomic mass is 9.93. The molecule has 1 heterocycles. The topological polar surface area (TPSA) is 37.4 Å². The van der Waals surface area contributed by atoms with Gasteiger partial charge in [-0.2, -0.15) is 0 Å². The molecule has 100 valence electrons. The van der Waals surface area contributed by atoms with Crippen LogP contribution in [0.15, 0.2) is 60.7 Å². The molecule has 4 rings (SSSR count). The minimum atomic E-state index is -0.278. The van der Waals surface area contributed by atoms with Crippen molar-refractivity contribution in [3.8, 4) is 0 Å². The second-order valence-corrected chi connectivity index (χ2v) is 5.02. The minimum absolute atomic E-state index is 0.257. The van der Waals surface area contributed by atoms with Gasteiger partial charge in [0.25, 0.3) is 11.8 Å². The average molecular weight is 273 g/mol. The largest absolute Gasteiger partial charge is 0.269 e. The molecule has 2 aromatic carbocycles. The van der Waals surface area contributed by atoms with Gasteiger partial charge in [-0.3, -0.25) is 9.59 Å². The highest BCUT2D eigenvalue weighted by Crippen LogP contribution is 2.38. The van der Waals surface area contributed by atoms with Crippen molar-refractivity contribution in [2.24, 2.45) is 0 Å². The first-order valence-electron chi connectivity index (χ1n) is 6.72. The van der Waals surface area contributed by atoms with Crippen LogP contribution in [0.25, 0.3) is 17.3 Å². The number of hydrogen-bond acceptors (Lipinski definition) is 2. The number of rotatable bonds is 2. The maximum Gasteiger partial charge on any atom is 0.266 e. The lowest BCUT2D eigenvalue weighted by Crippen LogP contribution is -2.31. The summed E-state index contributed by atoms with van der Waals surface area (Å²) in [6, 6.07) is 17.0. The molecule has 2 amide bonds. The van der Waals surface area contributed by atoms with Crippen molar-refractivity contribution in [1.82, 2.24) is 4.90 Å². The molecule has 0 aromatic heterocycles. The molecule has 0 fully saturated rings. The van der Waals surface area contributed by atoms with Crippen LogP contribution in [-0.4, -0.2) is 16.7 Å². The van der Waals surface area contributed by atoms with E-state index >= 15 is 0 Å². The maximum absolute atomic E-state index is 12.6. The van der Waals surface area contributed by atoms with E-state index in [1.165, 1.54) is 11.0 Å². The van der Waals surface area contributed by atoms with Gasteiger partial charge in [-0.1, -0.05) is 54.6 Å². The zero-order valence-electron chi connectivity index (χ0n) is 11.1. The molecule has 0 unspecified atom stereocenters. The second-order valence-electron chi connectivity index (χ2n) is 5.02. The summed E-state index contributed by atoms with van der Waals surface area (Å²) in [5.41, 5.74) is 3.91. The Morgan fingerprint density at radius 1 is 0.762 bits per heavy atom. The molecule has 1 aliphatic heterocycles. The number of nitrogens with zero attached hydrogens (tertiary/aromatic N) is 1. The first-order chi connectivity index (χ1) is 10.3. The molecule has 0 bridgehead atoms. The van der Waals surface area contributed by atoms with Gasteiger partial charge in [0, 0.05) is 11.6 Å². The van der Waals surface area contributed by atoms with Crippen molar-refractivity contribution in [1.29, 1.82) is 0 Å². The third-order valence-corrected chi connectivity index (χ3v) is 3.78. The van der Waals surface area contributed by atoms with Crippen molar-refractivity contribution in [3.63, 3.8) is 0 Å². The fourth-order valence-electron chi connectivity index (χ4n) is 2.71. The van der Waals surface area contributed by atoms with Crippen LogP contribution in [0.4, 0.5) is 0 Å². The van der Waals surface area contributed by atoms with E-state index in [0.29, 0.717) is 11.3 Å². The Hall–Kier alpha value is -2.94. The maximum atomic E-state index is 12.6. The summed E-state index contributed by atoms with van der Waals surface area (Å²) in [5, 5.41) is 0. The molecule has 3 heteroatoms. The summed E-state index contributed by atoms with van der Waals surface area (Å²) in [4.78, 5) is 26.0. The number of carbonyl (C=O) groups excluding carboxylic acids is 2. The van der Waals surface area contributed by atoms with Crippen LogP contribution in [0.1, 0.15) is 16.7 Å². The molecule has 0 radical (unpaired) electrons. The molecular weight excluding hydrogens is 262 g/mol. The van der Waals surface area contributed by atoms with Gasteiger partial charge >= 0.3 is 0 Å². The molecule has 0 saturated carbocycles. The fourth-order valence-corrected chi connectivity index (χ4v) is 2.71. The summed E-state index contributed by atoms with van der Waals surface area (Å²) < 4.78 is 0. The van der Waals surface area contributed by atoms with Crippen molar-refractivity contribution < 1.29 is 9.59 Å². The SMILES string of the molecule is O=C1C=C(c2ccccc2)C(=O)N1C1=Cc2ccccc21. The van der Waals surface area contributed by atoms with E-state index in [-0.39, 0.29) is 11.8 Å². The molecule has 2 aliphatic rings. The number of benzene rings is 2. The lowest BCUT2D eigenvalue weighted by Gasteiger charge is -2.26. The molecule has 1 aliphatic carbocycles. The van der Waals surface area contributed by atoms with E-state index < -0.39 is 0 Å². The Bertz CT molecular complexity index is 831. The normalized spacial score (nSPS) is 16.3. The number of carbonyl (C=O) groups is 2. The van der Waals surface area contributed by atoms with Crippen molar-refractivity contribution >= 4 is 29.2 Å². The first-order valence-corrected chi connectivity index (χ1v) is 6.72. The molecule has 0 atom stereocenters. The van der Waals surface area contributed by atoms with Crippen molar-refractivity contribution in [2.75, 3.05) is 0 Å². The monoisotopic (exact) mass is 273 g/mol. The van der Waals surface area contributed by atoms with Gasteiger partial charge in [-0.05, 0) is 17.2 Å². The smallest absolute Gasteiger partial charge is 0.266 e. The second kappa shape index (κ2) is 4.28. The molecule has 0 spiro atoms. The quantitative estimate of drug-likeness (QED) is 0.789. The minimum Gasteiger partial charge on any atom is -0.269 e. The molecule has 0 N–H and O–H groups in total. The van der Waals surface area contributed by atoms with Crippen LogP contribution in [-0.2, 0) is 9.59 Å². The third kappa shape index (κ3) is 1.68. The number of imide groups is 1. The summed E-state index contributed by atoms with van der Waals surface area (Å²) in [7, 11) is 0. The van der Waals surface area contributed by atoms with E-state index in [9.17, 15) is 9.59 Å². The van der Waals surface area contributed by atoms with E-state index in [1.54, 1.807) is 0 Å². The summed E-state index contributed by atoms with van der Waals surface area (Å²) >= 11 is 0. The molecular formula is C18H11NO2. The van der Waals surface area contributed by atoms with E-state index in [0.717, 1.165) is 16.7 Å². The van der Waals surface area contributed by atoms with Crippen LogP contribution >= 0.6 is 0 Å². The van der Waals surface area contributed by atoms with Crippen LogP contribution in [0.2, 0.25) is 0 Å². The Kier molecular flexibility index (Phi) is 2.42. The zero-order chi connectivity index (χ0) is 14.4. The Balaban J connectivity index is 1.70. The van der Waals surface area contributed by atoms with Crippen molar-refractivity contribution in [2.45, 2.75) is 0 Å². The molecule has 21 heavy (non-hydrogen) atoms. The predicted octanol–water partition coefficient (Wildman–Crippen LogP) is 2.95. The van der Waals surface area contributed by atoms with Gasteiger partial charge in [0.1, 0.15) is 0 Å². The first kappa shape index (κ1) is 11.9. The highest BCUT2D eigenvalue weighted by molar-refractivity contribution is 6.37. The Morgan fingerprint density at radius 2 is 1.48 bits per heavy atom. The average Bonchev–Trinajstić information content (AvgIpc) is 2.78. The number of hydrogen-bond donors (Lipinski definition) is 0. The van der Waals surface area contributed by atoms with Crippen LogP contribution in [0, 0.1) is 0 Å². The van der Waals surface area contributed by atoms with Crippen LogP contribution in [0.3, 0.4) is 0 Å². The third-order valence-electron chi connectivity index (χ3n) is 3.78. The van der Waals surface area contributed by atoms with Gasteiger partial charge in [0.05, 0.1) is 11.3 Å². The highest BCUT2D eigenvalue weighted by Gasteiger charge is 2.37. The Morgan fingerprint density at radius 3 is 2.24 bits per heavy atom. The zero-order valence-corrected chi connectivity index (χ0v) is 11.1. The summed E-state index contributed by atoms with van der Waals surface area (Å²) in [5.74, 6) is -0.536. The summed E-state index contributed by atoms with van der Waals surface area (Å²) in [6.45, 7) is 0. The van der Waals surface area contributed by atoms with Gasteiger partial charge in [0.15, 0.2) is 0 Å². The van der Waals surface area contributed by atoms with Gasteiger partial charge in [0.2, 0.25) is 0 Å². The van der Waals surface area contributed by atoms with Gasteiger partial charge in [-0.25, -0.2) is 4.90 Å².